The maximum Gasteiger partial charge on any atom is 0.257 e. The average Bonchev–Trinajstić information content (AvgIpc) is 3.03. The molecule has 6 nitrogen and oxygen atoms in total. The van der Waals surface area contributed by atoms with E-state index in [2.05, 4.69) is 36.4 Å². The number of rotatable bonds is 3. The third-order valence-corrected chi connectivity index (χ3v) is 3.23. The van der Waals surface area contributed by atoms with Crippen LogP contribution in [0.4, 0.5) is 5.69 Å². The molecular formula is C14H10BrN5O. The van der Waals surface area contributed by atoms with Crippen LogP contribution in [0.25, 0.3) is 5.69 Å². The van der Waals surface area contributed by atoms with Gasteiger partial charge in [-0.25, -0.2) is 4.98 Å². The highest BCUT2D eigenvalue weighted by Gasteiger charge is 2.06. The van der Waals surface area contributed by atoms with Crippen LogP contribution >= 0.6 is 15.9 Å². The molecule has 3 rings (SSSR count). The van der Waals surface area contributed by atoms with Crippen LogP contribution in [0.15, 0.2) is 59.6 Å². The molecule has 1 amide bonds. The predicted molar refractivity (Wildman–Crippen MR) is 81.2 cm³/mol. The number of amides is 1. The Morgan fingerprint density at radius 1 is 1.05 bits per heavy atom. The SMILES string of the molecule is O=C(Nc1ccc(-n2nccn2)cc1)c1ccc(Br)nc1. The molecule has 21 heavy (non-hydrogen) atoms. The van der Waals surface area contributed by atoms with Gasteiger partial charge in [0.2, 0.25) is 0 Å². The van der Waals surface area contributed by atoms with Gasteiger partial charge in [0.25, 0.3) is 5.91 Å². The number of hydrogen-bond donors (Lipinski definition) is 1. The lowest BCUT2D eigenvalue weighted by atomic mass is 10.2. The molecule has 2 aromatic heterocycles. The van der Waals surface area contributed by atoms with Crippen molar-refractivity contribution in [3.05, 3.63) is 65.2 Å². The number of pyridine rings is 1. The van der Waals surface area contributed by atoms with E-state index in [0.717, 1.165) is 5.69 Å². The molecule has 7 heteroatoms. The number of hydrogen-bond acceptors (Lipinski definition) is 4. The molecule has 0 saturated carbocycles. The first-order valence-electron chi connectivity index (χ1n) is 6.12. The van der Waals surface area contributed by atoms with E-state index in [9.17, 15) is 4.79 Å². The number of halogens is 1. The molecule has 0 atom stereocenters. The fraction of sp³-hybridized carbons (Fsp3) is 0. The molecule has 0 spiro atoms. The van der Waals surface area contributed by atoms with E-state index < -0.39 is 0 Å². The molecule has 0 unspecified atom stereocenters. The Balaban J connectivity index is 1.73. The zero-order valence-corrected chi connectivity index (χ0v) is 12.4. The number of anilines is 1. The Hall–Kier alpha value is -2.54. The minimum atomic E-state index is -0.208. The van der Waals surface area contributed by atoms with Gasteiger partial charge in [-0.2, -0.15) is 15.0 Å². The molecule has 0 radical (unpaired) electrons. The van der Waals surface area contributed by atoms with E-state index in [4.69, 9.17) is 0 Å². The largest absolute Gasteiger partial charge is 0.322 e. The Labute approximate surface area is 129 Å². The first-order valence-corrected chi connectivity index (χ1v) is 6.91. The summed E-state index contributed by atoms with van der Waals surface area (Å²) in [6.45, 7) is 0. The van der Waals surface area contributed by atoms with Crippen LogP contribution in [0.3, 0.4) is 0 Å². The van der Waals surface area contributed by atoms with E-state index in [1.165, 1.54) is 11.0 Å². The van der Waals surface area contributed by atoms with Crippen LogP contribution < -0.4 is 5.32 Å². The van der Waals surface area contributed by atoms with Crippen LogP contribution in [0.2, 0.25) is 0 Å². The van der Waals surface area contributed by atoms with Crippen molar-refractivity contribution < 1.29 is 4.79 Å². The maximum absolute atomic E-state index is 12.0. The molecule has 0 fully saturated rings. The summed E-state index contributed by atoms with van der Waals surface area (Å²) in [6, 6.07) is 10.7. The van der Waals surface area contributed by atoms with Crippen LogP contribution in [0.1, 0.15) is 10.4 Å². The number of aromatic nitrogens is 4. The highest BCUT2D eigenvalue weighted by Crippen LogP contribution is 2.13. The number of carbonyl (C=O) groups excluding carboxylic acids is 1. The Kier molecular flexibility index (Phi) is 3.74. The van der Waals surface area contributed by atoms with Gasteiger partial charge in [0.1, 0.15) is 4.60 Å². The molecule has 0 aliphatic carbocycles. The zero-order valence-electron chi connectivity index (χ0n) is 10.8. The van der Waals surface area contributed by atoms with Crippen LogP contribution in [0.5, 0.6) is 0 Å². The third kappa shape index (κ3) is 3.14. The minimum absolute atomic E-state index is 0.208. The van der Waals surface area contributed by atoms with Crippen molar-refractivity contribution in [2.75, 3.05) is 5.32 Å². The van der Waals surface area contributed by atoms with Crippen molar-refractivity contribution in [1.82, 2.24) is 20.0 Å². The van der Waals surface area contributed by atoms with Crippen molar-refractivity contribution in [2.24, 2.45) is 0 Å². The fourth-order valence-electron chi connectivity index (χ4n) is 1.74. The molecule has 3 aromatic rings. The Morgan fingerprint density at radius 3 is 2.38 bits per heavy atom. The van der Waals surface area contributed by atoms with E-state index >= 15 is 0 Å². The standard InChI is InChI=1S/C14H10BrN5O/c15-13-6-1-10(9-16-13)14(21)19-11-2-4-12(5-3-11)20-17-7-8-18-20/h1-9H,(H,19,21). The van der Waals surface area contributed by atoms with Gasteiger partial charge >= 0.3 is 0 Å². The van der Waals surface area contributed by atoms with Crippen molar-refractivity contribution in [1.29, 1.82) is 0 Å². The average molecular weight is 344 g/mol. The van der Waals surface area contributed by atoms with Gasteiger partial charge < -0.3 is 5.32 Å². The molecule has 2 heterocycles. The molecule has 0 saturated heterocycles. The third-order valence-electron chi connectivity index (χ3n) is 2.76. The highest BCUT2D eigenvalue weighted by atomic mass is 79.9. The van der Waals surface area contributed by atoms with E-state index in [-0.39, 0.29) is 5.91 Å². The number of nitrogens with one attached hydrogen (secondary N) is 1. The van der Waals surface area contributed by atoms with Crippen LogP contribution in [-0.4, -0.2) is 25.9 Å². The summed E-state index contributed by atoms with van der Waals surface area (Å²) in [5.41, 5.74) is 2.01. The number of benzene rings is 1. The lowest BCUT2D eigenvalue weighted by Gasteiger charge is -2.06. The van der Waals surface area contributed by atoms with E-state index in [1.807, 2.05) is 12.1 Å². The molecule has 0 bridgehead atoms. The molecule has 1 N–H and O–H groups in total. The second-order valence-corrected chi connectivity index (χ2v) is 5.00. The van der Waals surface area contributed by atoms with Crippen LogP contribution in [0, 0.1) is 0 Å². The topological polar surface area (TPSA) is 72.7 Å². The quantitative estimate of drug-likeness (QED) is 0.742. The van der Waals surface area contributed by atoms with Crippen molar-refractivity contribution in [3.63, 3.8) is 0 Å². The molecule has 1 aromatic carbocycles. The van der Waals surface area contributed by atoms with E-state index in [0.29, 0.717) is 15.9 Å². The normalized spacial score (nSPS) is 10.3. The van der Waals surface area contributed by atoms with Gasteiger partial charge in [-0.1, -0.05) is 0 Å². The lowest BCUT2D eigenvalue weighted by molar-refractivity contribution is 0.102. The summed E-state index contributed by atoms with van der Waals surface area (Å²) < 4.78 is 0.690. The summed E-state index contributed by atoms with van der Waals surface area (Å²) >= 11 is 3.23. The predicted octanol–water partition coefficient (Wildman–Crippen LogP) is 2.68. The summed E-state index contributed by atoms with van der Waals surface area (Å²) in [5, 5.41) is 10.9. The number of nitrogens with zero attached hydrogens (tertiary/aromatic N) is 4. The fourth-order valence-corrected chi connectivity index (χ4v) is 1.98. The molecule has 0 aliphatic heterocycles. The summed E-state index contributed by atoms with van der Waals surface area (Å²) in [6.07, 6.45) is 4.73. The minimum Gasteiger partial charge on any atom is -0.322 e. The van der Waals surface area contributed by atoms with Gasteiger partial charge in [-0.05, 0) is 52.3 Å². The highest BCUT2D eigenvalue weighted by molar-refractivity contribution is 9.10. The van der Waals surface area contributed by atoms with Gasteiger partial charge in [0.15, 0.2) is 0 Å². The second kappa shape index (κ2) is 5.84. The molecule has 104 valence electrons. The molecule has 0 aliphatic rings. The van der Waals surface area contributed by atoms with Crippen molar-refractivity contribution in [3.8, 4) is 5.69 Å². The van der Waals surface area contributed by atoms with Crippen molar-refractivity contribution >= 4 is 27.5 Å². The van der Waals surface area contributed by atoms with Crippen molar-refractivity contribution in [2.45, 2.75) is 0 Å². The monoisotopic (exact) mass is 343 g/mol. The first kappa shape index (κ1) is 13.4. The lowest BCUT2D eigenvalue weighted by Crippen LogP contribution is -2.12. The van der Waals surface area contributed by atoms with E-state index in [1.54, 1.807) is 36.7 Å². The Morgan fingerprint density at radius 2 is 1.76 bits per heavy atom. The Bertz CT molecular complexity index is 738. The first-order chi connectivity index (χ1) is 10.2. The summed E-state index contributed by atoms with van der Waals surface area (Å²) in [5.74, 6) is -0.208. The second-order valence-electron chi connectivity index (χ2n) is 4.19. The number of carbonyl (C=O) groups is 1. The van der Waals surface area contributed by atoms with Gasteiger partial charge in [0, 0.05) is 11.9 Å². The summed E-state index contributed by atoms with van der Waals surface area (Å²) in [7, 11) is 0. The smallest absolute Gasteiger partial charge is 0.257 e. The van der Waals surface area contributed by atoms with Crippen LogP contribution in [-0.2, 0) is 0 Å². The van der Waals surface area contributed by atoms with Gasteiger partial charge in [0.05, 0.1) is 23.6 Å². The maximum atomic E-state index is 12.0. The zero-order chi connectivity index (χ0) is 14.7. The van der Waals surface area contributed by atoms with Gasteiger partial charge in [-0.3, -0.25) is 4.79 Å². The molecular weight excluding hydrogens is 334 g/mol. The summed E-state index contributed by atoms with van der Waals surface area (Å²) in [4.78, 5) is 17.6. The van der Waals surface area contributed by atoms with Gasteiger partial charge in [-0.15, -0.1) is 0 Å².